The molecule has 0 unspecified atom stereocenters. The molecule has 0 aliphatic carbocycles. The summed E-state index contributed by atoms with van der Waals surface area (Å²) < 4.78 is 2.24. The summed E-state index contributed by atoms with van der Waals surface area (Å²) in [5.41, 5.74) is 2.73. The number of benzene rings is 2. The molecule has 0 bridgehead atoms. The SMILES string of the molecule is BrCC(CBr)(Cc1cccc(Br)c1)c1ccc(Br)cc1. The zero-order valence-electron chi connectivity index (χ0n) is 10.8. The third-order valence-corrected chi connectivity index (χ3v) is 6.57. The molecular weight excluding hydrogens is 512 g/mol. The number of hydrogen-bond donors (Lipinski definition) is 0. The van der Waals surface area contributed by atoms with Gasteiger partial charge in [-0.25, -0.2) is 0 Å². The minimum Gasteiger partial charge on any atom is -0.0918 e. The zero-order chi connectivity index (χ0) is 14.6. The van der Waals surface area contributed by atoms with E-state index >= 15 is 0 Å². The Morgan fingerprint density at radius 3 is 2.00 bits per heavy atom. The molecule has 0 heterocycles. The molecule has 0 spiro atoms. The molecule has 0 aliphatic rings. The molecule has 4 heteroatoms. The van der Waals surface area contributed by atoms with Crippen molar-refractivity contribution in [1.29, 1.82) is 0 Å². The third-order valence-electron chi connectivity index (χ3n) is 3.40. The summed E-state index contributed by atoms with van der Waals surface area (Å²) >= 11 is 14.5. The summed E-state index contributed by atoms with van der Waals surface area (Å²) in [6, 6.07) is 17.1. The van der Waals surface area contributed by atoms with E-state index < -0.39 is 0 Å². The van der Waals surface area contributed by atoms with Gasteiger partial charge in [-0.3, -0.25) is 0 Å². The minimum absolute atomic E-state index is 0.0570. The zero-order valence-corrected chi connectivity index (χ0v) is 17.1. The second kappa shape index (κ2) is 7.57. The van der Waals surface area contributed by atoms with Crippen LogP contribution >= 0.6 is 63.7 Å². The highest BCUT2D eigenvalue weighted by molar-refractivity contribution is 9.11. The van der Waals surface area contributed by atoms with Crippen LogP contribution in [0.4, 0.5) is 0 Å². The molecule has 0 saturated heterocycles. The summed E-state index contributed by atoms with van der Waals surface area (Å²) in [5.74, 6) is 0. The van der Waals surface area contributed by atoms with E-state index in [0.29, 0.717) is 0 Å². The number of rotatable bonds is 5. The van der Waals surface area contributed by atoms with Crippen LogP contribution in [0.5, 0.6) is 0 Å². The van der Waals surface area contributed by atoms with Gasteiger partial charge in [-0.05, 0) is 41.8 Å². The van der Waals surface area contributed by atoms with Gasteiger partial charge in [-0.1, -0.05) is 88.0 Å². The van der Waals surface area contributed by atoms with Gasteiger partial charge in [-0.15, -0.1) is 0 Å². The molecule has 2 rings (SSSR count). The Balaban J connectivity index is 2.36. The molecule has 2 aromatic carbocycles. The van der Waals surface area contributed by atoms with Crippen LogP contribution in [0.15, 0.2) is 57.5 Å². The fourth-order valence-corrected chi connectivity index (χ4v) is 4.91. The number of hydrogen-bond acceptors (Lipinski definition) is 0. The van der Waals surface area contributed by atoms with Gasteiger partial charge in [0.25, 0.3) is 0 Å². The molecule has 20 heavy (non-hydrogen) atoms. The maximum atomic E-state index is 3.71. The van der Waals surface area contributed by atoms with E-state index in [2.05, 4.69) is 112 Å². The minimum atomic E-state index is 0.0570. The molecule has 106 valence electrons. The Hall–Kier alpha value is 0.360. The van der Waals surface area contributed by atoms with Crippen molar-refractivity contribution < 1.29 is 0 Å². The van der Waals surface area contributed by atoms with Crippen LogP contribution in [0.3, 0.4) is 0 Å². The molecular formula is C16H14Br4. The first kappa shape index (κ1) is 16.7. The van der Waals surface area contributed by atoms with Crippen molar-refractivity contribution >= 4 is 63.7 Å². The van der Waals surface area contributed by atoms with Gasteiger partial charge in [-0.2, -0.15) is 0 Å². The first-order valence-electron chi connectivity index (χ1n) is 6.22. The van der Waals surface area contributed by atoms with E-state index in [0.717, 1.165) is 26.0 Å². The highest BCUT2D eigenvalue weighted by atomic mass is 79.9. The first-order valence-corrected chi connectivity index (χ1v) is 10.0. The monoisotopic (exact) mass is 522 g/mol. The molecule has 2 aromatic rings. The van der Waals surface area contributed by atoms with Crippen molar-refractivity contribution in [1.82, 2.24) is 0 Å². The lowest BCUT2D eigenvalue weighted by molar-refractivity contribution is 0.551. The fraction of sp³-hybridized carbons (Fsp3) is 0.250. The Bertz CT molecular complexity index is 559. The Morgan fingerprint density at radius 1 is 0.800 bits per heavy atom. The van der Waals surface area contributed by atoms with Gasteiger partial charge in [0.05, 0.1) is 0 Å². The standard InChI is InChI=1S/C16H14Br4/c17-10-16(11-18,13-4-6-14(19)7-5-13)9-12-2-1-3-15(20)8-12/h1-8H,9-11H2. The van der Waals surface area contributed by atoms with Gasteiger partial charge in [0.2, 0.25) is 0 Å². The Kier molecular flexibility index (Phi) is 6.33. The van der Waals surface area contributed by atoms with Gasteiger partial charge in [0.15, 0.2) is 0 Å². The van der Waals surface area contributed by atoms with Crippen molar-refractivity contribution in [3.05, 3.63) is 68.6 Å². The van der Waals surface area contributed by atoms with Crippen LogP contribution in [-0.2, 0) is 11.8 Å². The van der Waals surface area contributed by atoms with E-state index in [-0.39, 0.29) is 5.41 Å². The van der Waals surface area contributed by atoms with Crippen LogP contribution in [0, 0.1) is 0 Å². The van der Waals surface area contributed by atoms with Crippen LogP contribution in [0.25, 0.3) is 0 Å². The van der Waals surface area contributed by atoms with Crippen molar-refractivity contribution in [3.8, 4) is 0 Å². The largest absolute Gasteiger partial charge is 0.0918 e. The highest BCUT2D eigenvalue weighted by Crippen LogP contribution is 2.34. The highest BCUT2D eigenvalue weighted by Gasteiger charge is 2.30. The van der Waals surface area contributed by atoms with Crippen LogP contribution in [-0.4, -0.2) is 10.7 Å². The molecule has 0 radical (unpaired) electrons. The van der Waals surface area contributed by atoms with Crippen LogP contribution in [0.1, 0.15) is 11.1 Å². The van der Waals surface area contributed by atoms with E-state index in [4.69, 9.17) is 0 Å². The second-order valence-electron chi connectivity index (χ2n) is 4.86. The predicted molar refractivity (Wildman–Crippen MR) is 101 cm³/mol. The van der Waals surface area contributed by atoms with Gasteiger partial charge in [0.1, 0.15) is 0 Å². The lowest BCUT2D eigenvalue weighted by Gasteiger charge is -2.31. The van der Waals surface area contributed by atoms with E-state index in [9.17, 15) is 0 Å². The average Bonchev–Trinajstić information content (AvgIpc) is 2.46. The predicted octanol–water partition coefficient (Wildman–Crippen LogP) is 6.48. The summed E-state index contributed by atoms with van der Waals surface area (Å²) in [7, 11) is 0. The molecule has 0 atom stereocenters. The third kappa shape index (κ3) is 3.96. The summed E-state index contributed by atoms with van der Waals surface area (Å²) in [4.78, 5) is 0. The lowest BCUT2D eigenvalue weighted by atomic mass is 9.79. The number of alkyl halides is 2. The Labute approximate surface area is 153 Å². The van der Waals surface area contributed by atoms with Crippen LogP contribution in [0.2, 0.25) is 0 Å². The van der Waals surface area contributed by atoms with Crippen molar-refractivity contribution in [3.63, 3.8) is 0 Å². The van der Waals surface area contributed by atoms with E-state index in [1.165, 1.54) is 11.1 Å². The van der Waals surface area contributed by atoms with Gasteiger partial charge >= 0.3 is 0 Å². The molecule has 0 aliphatic heterocycles. The smallest absolute Gasteiger partial charge is 0.0187 e. The van der Waals surface area contributed by atoms with E-state index in [1.54, 1.807) is 0 Å². The maximum Gasteiger partial charge on any atom is 0.0187 e. The number of halogens is 4. The van der Waals surface area contributed by atoms with Crippen molar-refractivity contribution in [2.45, 2.75) is 11.8 Å². The normalized spacial score (nSPS) is 11.6. The molecule has 0 fully saturated rings. The molecule has 0 N–H and O–H groups in total. The summed E-state index contributed by atoms with van der Waals surface area (Å²) in [5, 5.41) is 1.83. The Morgan fingerprint density at radius 2 is 1.45 bits per heavy atom. The fourth-order valence-electron chi connectivity index (χ4n) is 2.23. The molecule has 0 aromatic heterocycles. The quantitative estimate of drug-likeness (QED) is 0.392. The van der Waals surface area contributed by atoms with E-state index in [1.807, 2.05) is 0 Å². The summed E-state index contributed by atoms with van der Waals surface area (Å²) in [6.45, 7) is 0. The molecule has 0 amide bonds. The summed E-state index contributed by atoms with van der Waals surface area (Å²) in [6.07, 6.45) is 0.991. The van der Waals surface area contributed by atoms with Gasteiger partial charge in [0, 0.05) is 25.0 Å². The second-order valence-corrected chi connectivity index (χ2v) is 7.81. The average molecular weight is 526 g/mol. The first-order chi connectivity index (χ1) is 9.59. The van der Waals surface area contributed by atoms with Crippen LogP contribution < -0.4 is 0 Å². The maximum absolute atomic E-state index is 3.71. The molecule has 0 nitrogen and oxygen atoms in total. The van der Waals surface area contributed by atoms with Gasteiger partial charge < -0.3 is 0 Å². The lowest BCUT2D eigenvalue weighted by Crippen LogP contribution is -2.32. The topological polar surface area (TPSA) is 0 Å². The molecule has 0 saturated carbocycles. The van der Waals surface area contributed by atoms with Crippen molar-refractivity contribution in [2.75, 3.05) is 10.7 Å². The van der Waals surface area contributed by atoms with Crippen molar-refractivity contribution in [2.24, 2.45) is 0 Å².